The summed E-state index contributed by atoms with van der Waals surface area (Å²) in [6.07, 6.45) is 1.21. The molecule has 2 nitrogen and oxygen atoms in total. The molecule has 1 fully saturated rings. The van der Waals surface area contributed by atoms with Crippen LogP contribution in [0.4, 0.5) is 0 Å². The number of hydrogen-bond donors (Lipinski definition) is 1. The Kier molecular flexibility index (Phi) is 1.77. The highest BCUT2D eigenvalue weighted by Gasteiger charge is 2.59. The van der Waals surface area contributed by atoms with E-state index < -0.39 is 0 Å². The van der Waals surface area contributed by atoms with Crippen molar-refractivity contribution in [1.29, 1.82) is 0 Å². The lowest BCUT2D eigenvalue weighted by Crippen LogP contribution is -2.25. The van der Waals surface area contributed by atoms with Crippen LogP contribution in [0.25, 0.3) is 0 Å². The summed E-state index contributed by atoms with van der Waals surface area (Å²) in [5, 5.41) is 0. The lowest BCUT2D eigenvalue weighted by Gasteiger charge is -2.16. The van der Waals surface area contributed by atoms with Crippen LogP contribution in [-0.2, 0) is 4.74 Å². The van der Waals surface area contributed by atoms with Gasteiger partial charge in [0.15, 0.2) is 0 Å². The Morgan fingerprint density at radius 2 is 2.00 bits per heavy atom. The van der Waals surface area contributed by atoms with Gasteiger partial charge in [0.05, 0.1) is 6.61 Å². The quantitative estimate of drug-likeness (QED) is 0.640. The fourth-order valence-electron chi connectivity index (χ4n) is 1.73. The van der Waals surface area contributed by atoms with Gasteiger partial charge in [-0.1, -0.05) is 13.8 Å². The fourth-order valence-corrected chi connectivity index (χ4v) is 1.73. The molecule has 60 valence electrons. The monoisotopic (exact) mass is 143 g/mol. The van der Waals surface area contributed by atoms with Crippen molar-refractivity contribution in [3.8, 4) is 0 Å². The van der Waals surface area contributed by atoms with Gasteiger partial charge in [0, 0.05) is 19.1 Å². The summed E-state index contributed by atoms with van der Waals surface area (Å²) in [6.45, 7) is 6.07. The number of ether oxygens (including phenoxy) is 1. The Hall–Kier alpha value is -0.0800. The Bertz CT molecular complexity index is 133. The molecule has 1 atom stereocenters. The molecule has 0 aromatic heterocycles. The summed E-state index contributed by atoms with van der Waals surface area (Å²) in [5.41, 5.74) is 6.36. The van der Waals surface area contributed by atoms with Gasteiger partial charge in [-0.3, -0.25) is 0 Å². The summed E-state index contributed by atoms with van der Waals surface area (Å²) in [5.74, 6) is 0. The Labute approximate surface area is 62.7 Å². The van der Waals surface area contributed by atoms with Crippen molar-refractivity contribution in [2.75, 3.05) is 20.3 Å². The molecule has 1 aliphatic carbocycles. The van der Waals surface area contributed by atoms with E-state index in [2.05, 4.69) is 13.8 Å². The summed E-state index contributed by atoms with van der Waals surface area (Å²) >= 11 is 0. The molecule has 0 bridgehead atoms. The molecule has 2 heteroatoms. The lowest BCUT2D eigenvalue weighted by molar-refractivity contribution is 0.125. The molecular weight excluding hydrogens is 126 g/mol. The number of hydrogen-bond acceptors (Lipinski definition) is 2. The predicted octanol–water partition coefficient (Wildman–Crippen LogP) is 1.01. The van der Waals surface area contributed by atoms with E-state index in [-0.39, 0.29) is 0 Å². The first-order chi connectivity index (χ1) is 4.58. The second-order valence-electron chi connectivity index (χ2n) is 3.98. The molecule has 1 rings (SSSR count). The third-order valence-corrected chi connectivity index (χ3v) is 2.90. The molecule has 0 aromatic rings. The van der Waals surface area contributed by atoms with Crippen LogP contribution in [-0.4, -0.2) is 20.3 Å². The van der Waals surface area contributed by atoms with Gasteiger partial charge in [0.2, 0.25) is 0 Å². The molecule has 0 saturated heterocycles. The van der Waals surface area contributed by atoms with Crippen LogP contribution in [0.5, 0.6) is 0 Å². The first kappa shape index (κ1) is 8.02. The molecule has 0 aliphatic heterocycles. The minimum atomic E-state index is 0.293. The van der Waals surface area contributed by atoms with E-state index in [1.807, 2.05) is 0 Å². The van der Waals surface area contributed by atoms with Crippen LogP contribution in [0.3, 0.4) is 0 Å². The van der Waals surface area contributed by atoms with E-state index in [1.165, 1.54) is 6.42 Å². The van der Waals surface area contributed by atoms with Crippen LogP contribution in [0.2, 0.25) is 0 Å². The van der Waals surface area contributed by atoms with Gasteiger partial charge in [0.1, 0.15) is 0 Å². The van der Waals surface area contributed by atoms with Gasteiger partial charge >= 0.3 is 0 Å². The standard InChI is InChI=1S/C8H17NO/c1-7(2)4-8(7,5-9)6-10-3/h4-6,9H2,1-3H3. The third-order valence-electron chi connectivity index (χ3n) is 2.90. The maximum absolute atomic E-state index is 5.65. The normalized spacial score (nSPS) is 36.0. The maximum Gasteiger partial charge on any atom is 0.0536 e. The number of methoxy groups -OCH3 is 1. The summed E-state index contributed by atoms with van der Waals surface area (Å²) in [4.78, 5) is 0. The van der Waals surface area contributed by atoms with E-state index >= 15 is 0 Å². The maximum atomic E-state index is 5.65. The number of rotatable bonds is 3. The van der Waals surface area contributed by atoms with Gasteiger partial charge in [-0.2, -0.15) is 0 Å². The van der Waals surface area contributed by atoms with Crippen LogP contribution in [0.15, 0.2) is 0 Å². The molecule has 10 heavy (non-hydrogen) atoms. The molecule has 1 aliphatic rings. The smallest absolute Gasteiger partial charge is 0.0536 e. The van der Waals surface area contributed by atoms with Crippen molar-refractivity contribution < 1.29 is 4.74 Å². The number of nitrogens with two attached hydrogens (primary N) is 1. The first-order valence-electron chi connectivity index (χ1n) is 3.77. The largest absolute Gasteiger partial charge is 0.384 e. The van der Waals surface area contributed by atoms with Gasteiger partial charge in [0.25, 0.3) is 0 Å². The lowest BCUT2D eigenvalue weighted by atomic mass is 9.97. The Balaban J connectivity index is 2.50. The van der Waals surface area contributed by atoms with E-state index in [0.29, 0.717) is 10.8 Å². The highest BCUT2D eigenvalue weighted by atomic mass is 16.5. The van der Waals surface area contributed by atoms with Crippen LogP contribution >= 0.6 is 0 Å². The fraction of sp³-hybridized carbons (Fsp3) is 1.00. The molecule has 0 heterocycles. The topological polar surface area (TPSA) is 35.2 Å². The molecule has 0 amide bonds. The highest BCUT2D eigenvalue weighted by molar-refractivity contribution is 5.09. The summed E-state index contributed by atoms with van der Waals surface area (Å²) in [7, 11) is 1.74. The average molecular weight is 143 g/mol. The molecular formula is C8H17NO. The van der Waals surface area contributed by atoms with Crippen molar-refractivity contribution in [3.05, 3.63) is 0 Å². The second-order valence-corrected chi connectivity index (χ2v) is 3.98. The van der Waals surface area contributed by atoms with E-state index in [1.54, 1.807) is 7.11 Å². The zero-order valence-corrected chi connectivity index (χ0v) is 7.11. The minimum Gasteiger partial charge on any atom is -0.384 e. The van der Waals surface area contributed by atoms with Crippen molar-refractivity contribution in [1.82, 2.24) is 0 Å². The van der Waals surface area contributed by atoms with Crippen LogP contribution < -0.4 is 5.73 Å². The van der Waals surface area contributed by atoms with Crippen molar-refractivity contribution in [2.24, 2.45) is 16.6 Å². The van der Waals surface area contributed by atoms with E-state index in [4.69, 9.17) is 10.5 Å². The minimum absolute atomic E-state index is 0.293. The summed E-state index contributed by atoms with van der Waals surface area (Å²) < 4.78 is 5.12. The molecule has 1 unspecified atom stereocenters. The summed E-state index contributed by atoms with van der Waals surface area (Å²) in [6, 6.07) is 0. The zero-order chi connectivity index (χ0) is 7.83. The average Bonchev–Trinajstić information content (AvgIpc) is 2.37. The predicted molar refractivity (Wildman–Crippen MR) is 41.8 cm³/mol. The molecule has 0 spiro atoms. The van der Waals surface area contributed by atoms with Gasteiger partial charge in [-0.25, -0.2) is 0 Å². The van der Waals surface area contributed by atoms with Crippen molar-refractivity contribution in [3.63, 3.8) is 0 Å². The highest BCUT2D eigenvalue weighted by Crippen LogP contribution is 2.62. The third kappa shape index (κ3) is 0.956. The van der Waals surface area contributed by atoms with Crippen molar-refractivity contribution in [2.45, 2.75) is 20.3 Å². The second kappa shape index (κ2) is 2.21. The van der Waals surface area contributed by atoms with Gasteiger partial charge in [-0.15, -0.1) is 0 Å². The molecule has 2 N–H and O–H groups in total. The zero-order valence-electron chi connectivity index (χ0n) is 7.11. The van der Waals surface area contributed by atoms with E-state index in [9.17, 15) is 0 Å². The molecule has 1 saturated carbocycles. The van der Waals surface area contributed by atoms with Crippen LogP contribution in [0, 0.1) is 10.8 Å². The van der Waals surface area contributed by atoms with Crippen LogP contribution in [0.1, 0.15) is 20.3 Å². The Morgan fingerprint density at radius 3 is 2.10 bits per heavy atom. The molecule has 0 radical (unpaired) electrons. The van der Waals surface area contributed by atoms with Gasteiger partial charge in [-0.05, 0) is 11.8 Å². The Morgan fingerprint density at radius 1 is 1.50 bits per heavy atom. The van der Waals surface area contributed by atoms with E-state index in [0.717, 1.165) is 13.2 Å². The first-order valence-corrected chi connectivity index (χ1v) is 3.77. The SMILES string of the molecule is COCC1(CN)CC1(C)C. The van der Waals surface area contributed by atoms with Crippen molar-refractivity contribution >= 4 is 0 Å². The van der Waals surface area contributed by atoms with Gasteiger partial charge < -0.3 is 10.5 Å². The molecule has 0 aromatic carbocycles.